The number of halogens is 4. The van der Waals surface area contributed by atoms with Crippen LogP contribution in [-0.4, -0.2) is 87.3 Å². The molecule has 2 saturated heterocycles. The second-order valence-corrected chi connectivity index (χ2v) is 12.4. The van der Waals surface area contributed by atoms with E-state index < -0.39 is 36.1 Å². The van der Waals surface area contributed by atoms with Gasteiger partial charge in [0.15, 0.2) is 5.82 Å². The van der Waals surface area contributed by atoms with Crippen LogP contribution in [0.5, 0.6) is 0 Å². The molecule has 7 rings (SSSR count). The number of H-pyrrole nitrogens is 1. The Kier molecular flexibility index (Phi) is 7.34. The predicted octanol–water partition coefficient (Wildman–Crippen LogP) is 4.51. The minimum absolute atomic E-state index is 0.00607. The smallest absolute Gasteiger partial charge is 0.240 e. The number of fused-ring (bicyclic) bond motifs is 2. The Morgan fingerprint density at radius 3 is 2.55 bits per heavy atom. The van der Waals surface area contributed by atoms with Gasteiger partial charge in [-0.1, -0.05) is 0 Å². The summed E-state index contributed by atoms with van der Waals surface area (Å²) in [6.45, 7) is 0.198. The van der Waals surface area contributed by atoms with Crippen LogP contribution in [0.2, 0.25) is 0 Å². The van der Waals surface area contributed by atoms with Gasteiger partial charge in [-0.05, 0) is 68.1 Å². The molecule has 0 bridgehead atoms. The van der Waals surface area contributed by atoms with Gasteiger partial charge < -0.3 is 24.7 Å². The number of likely N-dealkylation sites (tertiary alicyclic amines) is 2. The summed E-state index contributed by atoms with van der Waals surface area (Å²) in [5.41, 5.74) is 2.71. The van der Waals surface area contributed by atoms with Crippen LogP contribution in [0.15, 0.2) is 36.4 Å². The fourth-order valence-corrected chi connectivity index (χ4v) is 7.24. The van der Waals surface area contributed by atoms with Crippen molar-refractivity contribution in [1.82, 2.24) is 29.7 Å². The summed E-state index contributed by atoms with van der Waals surface area (Å²) in [5, 5.41) is 3.82. The van der Waals surface area contributed by atoms with Crippen LogP contribution in [0.1, 0.15) is 31.2 Å². The number of imidazole rings is 1. The largest absolute Gasteiger partial charge is 0.352 e. The highest BCUT2D eigenvalue weighted by molar-refractivity contribution is 5.92. The number of hydrogen-bond donors (Lipinski definition) is 2. The van der Waals surface area contributed by atoms with Gasteiger partial charge in [-0.15, -0.1) is 0 Å². The van der Waals surface area contributed by atoms with Gasteiger partial charge in [0.1, 0.15) is 24.0 Å². The van der Waals surface area contributed by atoms with Crippen LogP contribution in [-0.2, 0) is 22.6 Å². The Bertz CT molecular complexity index is 1730. The number of amides is 2. The maximum absolute atomic E-state index is 15.0. The Labute approximate surface area is 251 Å². The molecule has 0 radical (unpaired) electrons. The molecule has 2 aliphatic heterocycles. The van der Waals surface area contributed by atoms with Gasteiger partial charge in [0.05, 0.1) is 41.9 Å². The minimum atomic E-state index is -1.18. The van der Waals surface area contributed by atoms with Crippen molar-refractivity contribution in [1.29, 1.82) is 0 Å². The normalized spacial score (nSPS) is 24.6. The lowest BCUT2D eigenvalue weighted by atomic mass is 9.99. The van der Waals surface area contributed by atoms with Gasteiger partial charge in [-0.3, -0.25) is 9.59 Å². The molecule has 5 atom stereocenters. The number of carbonyl (C=O) groups is 2. The van der Waals surface area contributed by atoms with Crippen molar-refractivity contribution in [3.05, 3.63) is 53.6 Å². The van der Waals surface area contributed by atoms with Crippen molar-refractivity contribution < 1.29 is 27.2 Å². The van der Waals surface area contributed by atoms with Crippen LogP contribution in [0.25, 0.3) is 33.5 Å². The summed E-state index contributed by atoms with van der Waals surface area (Å²) in [4.78, 5) is 36.5. The average molecular weight is 611 g/mol. The summed E-state index contributed by atoms with van der Waals surface area (Å²) < 4.78 is 60.0. The molecule has 232 valence electrons. The summed E-state index contributed by atoms with van der Waals surface area (Å²) in [7, 11) is 1.75. The van der Waals surface area contributed by atoms with Gasteiger partial charge in [-0.25, -0.2) is 22.5 Å². The summed E-state index contributed by atoms with van der Waals surface area (Å²) in [5.74, 6) is -0.396. The van der Waals surface area contributed by atoms with Crippen molar-refractivity contribution in [2.45, 2.75) is 69.1 Å². The maximum Gasteiger partial charge on any atom is 0.240 e. The molecule has 3 fully saturated rings. The highest BCUT2D eigenvalue weighted by Crippen LogP contribution is 2.38. The van der Waals surface area contributed by atoms with Gasteiger partial charge in [-0.2, -0.15) is 0 Å². The van der Waals surface area contributed by atoms with E-state index in [4.69, 9.17) is 4.98 Å². The average Bonchev–Trinajstić information content (AvgIpc) is 3.34. The molecule has 12 heteroatoms. The third kappa shape index (κ3) is 5.12. The first kappa shape index (κ1) is 28.8. The Balaban J connectivity index is 1.34. The van der Waals surface area contributed by atoms with Gasteiger partial charge in [0.25, 0.3) is 0 Å². The van der Waals surface area contributed by atoms with Crippen molar-refractivity contribution >= 4 is 34.3 Å². The van der Waals surface area contributed by atoms with E-state index in [0.29, 0.717) is 39.9 Å². The molecule has 1 aliphatic carbocycles. The predicted molar refractivity (Wildman–Crippen MR) is 157 cm³/mol. The second kappa shape index (κ2) is 11.2. The Morgan fingerprint density at radius 1 is 1.07 bits per heavy atom. The van der Waals surface area contributed by atoms with Crippen LogP contribution < -0.4 is 5.32 Å². The third-order valence-corrected chi connectivity index (χ3v) is 9.49. The molecule has 5 unspecified atom stereocenters. The number of alkyl halides is 2. The molecular formula is C32H34F4N6O2. The first-order chi connectivity index (χ1) is 21.2. The lowest BCUT2D eigenvalue weighted by Gasteiger charge is -2.29. The molecule has 2 amide bonds. The zero-order valence-electron chi connectivity index (χ0n) is 24.3. The Morgan fingerprint density at radius 2 is 1.80 bits per heavy atom. The van der Waals surface area contributed by atoms with Crippen LogP contribution in [0.4, 0.5) is 17.6 Å². The molecule has 8 nitrogen and oxygen atoms in total. The summed E-state index contributed by atoms with van der Waals surface area (Å²) >= 11 is 0. The molecule has 1 saturated carbocycles. The van der Waals surface area contributed by atoms with E-state index in [-0.39, 0.29) is 56.8 Å². The number of rotatable bonds is 9. The van der Waals surface area contributed by atoms with Crippen LogP contribution >= 0.6 is 0 Å². The van der Waals surface area contributed by atoms with Crippen LogP contribution in [0.3, 0.4) is 0 Å². The number of nitrogens with one attached hydrogen (secondary N) is 2. The van der Waals surface area contributed by atoms with E-state index in [1.165, 1.54) is 29.2 Å². The first-order valence-electron chi connectivity index (χ1n) is 15.2. The SMILES string of the molecule is CNC(C(=O)N1CC(F)CC1Cc1c(-c2nc3cc(F)ccc3n2CC2CC(F)CN2C=O)[nH]c2cc(F)ccc12)C1CC1. The van der Waals surface area contributed by atoms with Gasteiger partial charge >= 0.3 is 0 Å². The molecule has 44 heavy (non-hydrogen) atoms. The molecule has 3 aliphatic rings. The third-order valence-electron chi connectivity index (χ3n) is 9.49. The number of hydrogen-bond acceptors (Lipinski definition) is 4. The zero-order valence-corrected chi connectivity index (χ0v) is 24.3. The molecule has 2 aromatic carbocycles. The molecule has 4 aromatic rings. The van der Waals surface area contributed by atoms with Gasteiger partial charge in [0.2, 0.25) is 12.3 Å². The number of carbonyl (C=O) groups excluding carboxylic acids is 2. The highest BCUT2D eigenvalue weighted by atomic mass is 19.1. The number of likely N-dealkylation sites (N-methyl/N-ethyl adjacent to an activating group) is 1. The monoisotopic (exact) mass is 610 g/mol. The highest BCUT2D eigenvalue weighted by Gasteiger charge is 2.43. The fraction of sp³-hybridized carbons (Fsp3) is 0.469. The number of aromatic nitrogens is 3. The maximum atomic E-state index is 15.0. The lowest BCUT2D eigenvalue weighted by Crippen LogP contribution is -2.49. The first-order valence-corrected chi connectivity index (χ1v) is 15.2. The van der Waals surface area contributed by atoms with E-state index in [9.17, 15) is 27.2 Å². The van der Waals surface area contributed by atoms with Crippen LogP contribution in [0, 0.1) is 17.6 Å². The second-order valence-electron chi connectivity index (χ2n) is 12.4. The molecule has 0 spiro atoms. The van der Waals surface area contributed by atoms with E-state index in [2.05, 4.69) is 10.3 Å². The molecular weight excluding hydrogens is 576 g/mol. The quantitative estimate of drug-likeness (QED) is 0.216. The minimum Gasteiger partial charge on any atom is -0.352 e. The number of aromatic amines is 1. The van der Waals surface area contributed by atoms with E-state index in [1.54, 1.807) is 24.1 Å². The topological polar surface area (TPSA) is 86.3 Å². The van der Waals surface area contributed by atoms with Gasteiger partial charge in [0, 0.05) is 42.4 Å². The summed E-state index contributed by atoms with van der Waals surface area (Å²) in [6.07, 6.45) is 0.796. The van der Waals surface area contributed by atoms with Crippen molar-refractivity contribution in [2.24, 2.45) is 5.92 Å². The fourth-order valence-electron chi connectivity index (χ4n) is 7.24. The van der Waals surface area contributed by atoms with Crippen molar-refractivity contribution in [3.63, 3.8) is 0 Å². The Hall–Kier alpha value is -3.93. The standard InChI is InChI=1S/C32H34F4N6O2/c1-37-29(17-2-3-17)32(44)41-14-21(36)8-22(41)12-25-24-6-4-18(33)10-26(24)38-30(25)31-39-27-11-19(34)5-7-28(27)42(31)15-23-9-20(35)13-40(23)16-43/h4-7,10-11,16-17,20-23,29,37-38H,2-3,8-9,12-15H2,1H3. The lowest BCUT2D eigenvalue weighted by molar-refractivity contribution is -0.134. The van der Waals surface area contributed by atoms with E-state index >= 15 is 0 Å². The zero-order chi connectivity index (χ0) is 30.7. The number of nitrogens with zero attached hydrogens (tertiary/aromatic N) is 4. The van der Waals surface area contributed by atoms with Crippen molar-refractivity contribution in [3.8, 4) is 11.5 Å². The summed E-state index contributed by atoms with van der Waals surface area (Å²) in [6, 6.07) is 7.32. The molecule has 2 N–H and O–H groups in total. The molecule has 2 aromatic heterocycles. The molecule has 4 heterocycles. The van der Waals surface area contributed by atoms with E-state index in [0.717, 1.165) is 18.4 Å². The van der Waals surface area contributed by atoms with E-state index in [1.807, 2.05) is 4.57 Å². The number of benzene rings is 2. The van der Waals surface area contributed by atoms with Crippen molar-refractivity contribution in [2.75, 3.05) is 20.1 Å².